The van der Waals surface area contributed by atoms with Gasteiger partial charge in [0.15, 0.2) is 9.84 Å². The third-order valence-electron chi connectivity index (χ3n) is 4.37. The van der Waals surface area contributed by atoms with Crippen LogP contribution in [0.25, 0.3) is 0 Å². The summed E-state index contributed by atoms with van der Waals surface area (Å²) in [5.41, 5.74) is 1.71. The molecule has 0 aromatic carbocycles. The topological polar surface area (TPSA) is 101 Å². The van der Waals surface area contributed by atoms with Crippen molar-refractivity contribution in [3.8, 4) is 0 Å². The van der Waals surface area contributed by atoms with Gasteiger partial charge >= 0.3 is 0 Å². The summed E-state index contributed by atoms with van der Waals surface area (Å²) in [6.45, 7) is 2.38. The van der Waals surface area contributed by atoms with Crippen LogP contribution in [0, 0.1) is 6.92 Å². The van der Waals surface area contributed by atoms with E-state index in [1.807, 2.05) is 0 Å². The molecule has 0 spiro atoms. The van der Waals surface area contributed by atoms with Gasteiger partial charge in [-0.3, -0.25) is 14.6 Å². The van der Waals surface area contributed by atoms with Crippen LogP contribution in [0.1, 0.15) is 47.1 Å². The minimum Gasteiger partial charge on any atom is -0.330 e. The number of aromatic nitrogens is 4. The molecule has 130 valence electrons. The number of sulfone groups is 1. The standard InChI is InChI=1S/C15H21N5O3S/c1-10-11(9-19(2)18-10)15(21)20-7-5-4-6-12(20)14-13(8-16-17-14)24(3,22)23/h8-9,12H,4-7H2,1-3H3,(H,16,17)/t12-/m1/s1. The first-order valence-electron chi connectivity index (χ1n) is 7.83. The molecule has 2 aromatic rings. The van der Waals surface area contributed by atoms with E-state index in [1.165, 1.54) is 6.20 Å². The van der Waals surface area contributed by atoms with Crippen molar-refractivity contribution in [1.82, 2.24) is 24.9 Å². The summed E-state index contributed by atoms with van der Waals surface area (Å²) in [5, 5.41) is 10.9. The number of amides is 1. The van der Waals surface area contributed by atoms with Crippen molar-refractivity contribution in [1.29, 1.82) is 0 Å². The number of hydrogen-bond donors (Lipinski definition) is 1. The zero-order valence-corrected chi connectivity index (χ0v) is 14.8. The SMILES string of the molecule is Cc1nn(C)cc1C(=O)N1CCCC[C@@H]1c1[nH]ncc1S(C)(=O)=O. The second-order valence-electron chi connectivity index (χ2n) is 6.23. The van der Waals surface area contributed by atoms with E-state index in [0.29, 0.717) is 29.9 Å². The quantitative estimate of drug-likeness (QED) is 0.896. The van der Waals surface area contributed by atoms with Crippen LogP contribution in [0.3, 0.4) is 0 Å². The third-order valence-corrected chi connectivity index (χ3v) is 5.50. The molecule has 24 heavy (non-hydrogen) atoms. The summed E-state index contributed by atoms with van der Waals surface area (Å²) < 4.78 is 25.6. The van der Waals surface area contributed by atoms with Gasteiger partial charge in [0.1, 0.15) is 4.90 Å². The number of carbonyl (C=O) groups excluding carboxylic acids is 1. The van der Waals surface area contributed by atoms with Gasteiger partial charge in [0.2, 0.25) is 0 Å². The predicted molar refractivity (Wildman–Crippen MR) is 87.3 cm³/mol. The van der Waals surface area contributed by atoms with Gasteiger partial charge in [-0.25, -0.2) is 8.42 Å². The molecule has 3 rings (SSSR count). The molecule has 0 radical (unpaired) electrons. The van der Waals surface area contributed by atoms with Crippen molar-refractivity contribution in [3.63, 3.8) is 0 Å². The molecule has 1 atom stereocenters. The number of H-pyrrole nitrogens is 1. The van der Waals surface area contributed by atoms with Crippen molar-refractivity contribution in [2.75, 3.05) is 12.8 Å². The van der Waals surface area contributed by atoms with E-state index in [1.54, 1.807) is 29.7 Å². The Kier molecular flexibility index (Phi) is 4.20. The van der Waals surface area contributed by atoms with Gasteiger partial charge in [-0.05, 0) is 26.2 Å². The number of nitrogens with zero attached hydrogens (tertiary/aromatic N) is 4. The van der Waals surface area contributed by atoms with E-state index >= 15 is 0 Å². The van der Waals surface area contributed by atoms with Crippen LogP contribution in [0.15, 0.2) is 17.3 Å². The Bertz CT molecular complexity index is 868. The highest BCUT2D eigenvalue weighted by Gasteiger charge is 2.34. The Hall–Kier alpha value is -2.16. The van der Waals surface area contributed by atoms with Gasteiger partial charge in [-0.1, -0.05) is 0 Å². The third kappa shape index (κ3) is 2.95. The molecular weight excluding hydrogens is 330 g/mol. The first-order valence-corrected chi connectivity index (χ1v) is 9.72. The Morgan fingerprint density at radius 1 is 1.38 bits per heavy atom. The maximum atomic E-state index is 13.0. The first kappa shape index (κ1) is 16.7. The molecule has 1 amide bonds. The van der Waals surface area contributed by atoms with Gasteiger partial charge in [0.25, 0.3) is 5.91 Å². The fraction of sp³-hybridized carbons (Fsp3) is 0.533. The summed E-state index contributed by atoms with van der Waals surface area (Å²) in [5.74, 6) is -0.126. The molecule has 0 unspecified atom stereocenters. The molecule has 0 bridgehead atoms. The molecule has 0 aliphatic carbocycles. The lowest BCUT2D eigenvalue weighted by Crippen LogP contribution is -2.39. The summed E-state index contributed by atoms with van der Waals surface area (Å²) in [4.78, 5) is 14.9. The number of piperidine rings is 1. The summed E-state index contributed by atoms with van der Waals surface area (Å²) >= 11 is 0. The van der Waals surface area contributed by atoms with E-state index in [9.17, 15) is 13.2 Å². The lowest BCUT2D eigenvalue weighted by Gasteiger charge is -2.35. The lowest BCUT2D eigenvalue weighted by molar-refractivity contribution is 0.0601. The molecule has 3 heterocycles. The van der Waals surface area contributed by atoms with Crippen LogP contribution in [0.2, 0.25) is 0 Å². The normalized spacial score (nSPS) is 18.8. The molecule has 1 aliphatic heterocycles. The molecule has 1 N–H and O–H groups in total. The maximum absolute atomic E-state index is 13.0. The molecule has 1 aliphatic rings. The minimum absolute atomic E-state index is 0.126. The lowest BCUT2D eigenvalue weighted by atomic mass is 9.98. The van der Waals surface area contributed by atoms with E-state index in [-0.39, 0.29) is 16.8 Å². The average molecular weight is 351 g/mol. The summed E-state index contributed by atoms with van der Waals surface area (Å²) in [6, 6.07) is -0.321. The van der Waals surface area contributed by atoms with Gasteiger partial charge < -0.3 is 4.90 Å². The summed E-state index contributed by atoms with van der Waals surface area (Å²) in [6.07, 6.45) is 6.70. The zero-order chi connectivity index (χ0) is 17.5. The minimum atomic E-state index is -3.41. The number of nitrogens with one attached hydrogen (secondary N) is 1. The molecule has 8 nitrogen and oxygen atoms in total. The van der Waals surface area contributed by atoms with E-state index in [0.717, 1.165) is 19.1 Å². The molecule has 1 saturated heterocycles. The number of rotatable bonds is 3. The molecule has 2 aromatic heterocycles. The smallest absolute Gasteiger partial charge is 0.257 e. The molecular formula is C15H21N5O3S. The van der Waals surface area contributed by atoms with Gasteiger partial charge in [0.05, 0.1) is 29.2 Å². The van der Waals surface area contributed by atoms with Crippen molar-refractivity contribution >= 4 is 15.7 Å². The maximum Gasteiger partial charge on any atom is 0.257 e. The molecule has 0 saturated carbocycles. The van der Waals surface area contributed by atoms with Crippen molar-refractivity contribution < 1.29 is 13.2 Å². The van der Waals surface area contributed by atoms with Crippen molar-refractivity contribution in [2.24, 2.45) is 7.05 Å². The van der Waals surface area contributed by atoms with Crippen LogP contribution < -0.4 is 0 Å². The van der Waals surface area contributed by atoms with E-state index in [4.69, 9.17) is 0 Å². The first-order chi connectivity index (χ1) is 11.3. The van der Waals surface area contributed by atoms with Crippen LogP contribution in [-0.2, 0) is 16.9 Å². The Balaban J connectivity index is 1.99. The highest BCUT2D eigenvalue weighted by Crippen LogP contribution is 2.34. The van der Waals surface area contributed by atoms with Gasteiger partial charge in [0, 0.05) is 26.0 Å². The number of carbonyl (C=O) groups is 1. The van der Waals surface area contributed by atoms with Crippen LogP contribution >= 0.6 is 0 Å². The second-order valence-corrected chi connectivity index (χ2v) is 8.22. The van der Waals surface area contributed by atoms with Gasteiger partial charge in [-0.2, -0.15) is 10.2 Å². The van der Waals surface area contributed by atoms with E-state index < -0.39 is 9.84 Å². The average Bonchev–Trinajstić information content (AvgIpc) is 3.12. The predicted octanol–water partition coefficient (Wildman–Crippen LogP) is 1.22. The zero-order valence-electron chi connectivity index (χ0n) is 14.0. The molecule has 9 heteroatoms. The van der Waals surface area contributed by atoms with Crippen molar-refractivity contribution in [2.45, 2.75) is 37.1 Å². The Morgan fingerprint density at radius 3 is 2.75 bits per heavy atom. The van der Waals surface area contributed by atoms with Crippen LogP contribution in [0.5, 0.6) is 0 Å². The fourth-order valence-corrected chi connectivity index (χ4v) is 4.08. The Labute approximate surface area is 140 Å². The number of aryl methyl sites for hydroxylation is 2. The monoisotopic (exact) mass is 351 g/mol. The van der Waals surface area contributed by atoms with Crippen LogP contribution in [0.4, 0.5) is 0 Å². The number of hydrogen-bond acceptors (Lipinski definition) is 5. The highest BCUT2D eigenvalue weighted by molar-refractivity contribution is 7.90. The summed E-state index contributed by atoms with van der Waals surface area (Å²) in [7, 11) is -1.63. The molecule has 1 fully saturated rings. The highest BCUT2D eigenvalue weighted by atomic mass is 32.2. The van der Waals surface area contributed by atoms with Crippen LogP contribution in [-0.4, -0.2) is 52.0 Å². The number of aromatic amines is 1. The fourth-order valence-electron chi connectivity index (χ4n) is 3.26. The second kappa shape index (κ2) is 6.04. The van der Waals surface area contributed by atoms with E-state index in [2.05, 4.69) is 15.3 Å². The van der Waals surface area contributed by atoms with Gasteiger partial charge in [-0.15, -0.1) is 0 Å². The van der Waals surface area contributed by atoms with Crippen molar-refractivity contribution in [3.05, 3.63) is 29.3 Å². The largest absolute Gasteiger partial charge is 0.330 e. The number of likely N-dealkylation sites (tertiary alicyclic amines) is 1. The Morgan fingerprint density at radius 2 is 2.12 bits per heavy atom.